The van der Waals surface area contributed by atoms with E-state index in [4.69, 9.17) is 8.83 Å². The van der Waals surface area contributed by atoms with Gasteiger partial charge in [-0.3, -0.25) is 9.97 Å². The minimum absolute atomic E-state index is 0.169. The maximum absolute atomic E-state index is 5.47. The molecule has 0 aliphatic heterocycles. The van der Waals surface area contributed by atoms with Gasteiger partial charge in [0.15, 0.2) is 0 Å². The Morgan fingerprint density at radius 1 is 0.541 bits per heavy atom. The number of oxazole rings is 2. The molecule has 2 aromatic carbocycles. The van der Waals surface area contributed by atoms with Crippen LogP contribution in [-0.4, -0.2) is 19.9 Å². The third-order valence-corrected chi connectivity index (χ3v) is 7.18. The monoisotopic (exact) mass is 482 g/mol. The summed E-state index contributed by atoms with van der Waals surface area (Å²) in [5.41, 5.74) is 10.9. The van der Waals surface area contributed by atoms with Gasteiger partial charge in [0.25, 0.3) is 0 Å². The van der Waals surface area contributed by atoms with E-state index in [1.165, 1.54) is 22.3 Å². The zero-order valence-electron chi connectivity index (χ0n) is 20.3. The van der Waals surface area contributed by atoms with Gasteiger partial charge in [0.05, 0.1) is 23.5 Å². The Hall–Kier alpha value is -4.84. The Labute approximate surface area is 213 Å². The van der Waals surface area contributed by atoms with Crippen LogP contribution in [0.4, 0.5) is 0 Å². The van der Waals surface area contributed by atoms with Crippen molar-refractivity contribution in [3.8, 4) is 56.3 Å². The van der Waals surface area contributed by atoms with Crippen LogP contribution < -0.4 is 0 Å². The van der Waals surface area contributed by atoms with Crippen molar-refractivity contribution in [2.75, 3.05) is 0 Å². The molecule has 0 fully saturated rings. The third kappa shape index (κ3) is 3.49. The van der Waals surface area contributed by atoms with E-state index in [0.29, 0.717) is 11.8 Å². The summed E-state index contributed by atoms with van der Waals surface area (Å²) in [4.78, 5) is 17.4. The number of hydrogen-bond acceptors (Lipinski definition) is 6. The maximum atomic E-state index is 5.47. The first-order chi connectivity index (χ1) is 18.1. The van der Waals surface area contributed by atoms with Gasteiger partial charge >= 0.3 is 0 Å². The molecule has 0 atom stereocenters. The van der Waals surface area contributed by atoms with Crippen LogP contribution in [0.15, 0.2) is 107 Å². The molecule has 0 spiro atoms. The first-order valence-electron chi connectivity index (χ1n) is 12.1. The highest BCUT2D eigenvalue weighted by Crippen LogP contribution is 2.50. The summed E-state index contributed by atoms with van der Waals surface area (Å²) in [5, 5.41) is 0. The summed E-state index contributed by atoms with van der Waals surface area (Å²) < 4.78 is 10.9. The molecule has 1 aliphatic carbocycles. The largest absolute Gasteiger partial charge is 0.444 e. The standard InChI is InChI=1S/C31H22N4O2/c1-31(2)27-13-19(21-11-23(17-32-15-21)29-34-7-9-36-29)3-5-25(27)26-6-4-20(14-28(26)31)22-12-24(18-33-16-22)30-35-8-10-37-30/h3-18H,1-2H3. The second-order valence-electron chi connectivity index (χ2n) is 9.74. The Morgan fingerprint density at radius 2 is 1.00 bits per heavy atom. The molecule has 0 N–H and O–H groups in total. The number of hydrogen-bond donors (Lipinski definition) is 0. The molecule has 0 amide bonds. The predicted molar refractivity (Wildman–Crippen MR) is 141 cm³/mol. The lowest BCUT2D eigenvalue weighted by Gasteiger charge is -2.22. The van der Waals surface area contributed by atoms with Crippen LogP contribution in [0.5, 0.6) is 0 Å². The van der Waals surface area contributed by atoms with Gasteiger partial charge in [0.1, 0.15) is 12.5 Å². The van der Waals surface area contributed by atoms with Gasteiger partial charge in [0, 0.05) is 41.3 Å². The van der Waals surface area contributed by atoms with E-state index >= 15 is 0 Å². The highest BCUT2D eigenvalue weighted by Gasteiger charge is 2.36. The van der Waals surface area contributed by atoms with Crippen LogP contribution in [0.25, 0.3) is 56.3 Å². The van der Waals surface area contributed by atoms with Crippen molar-refractivity contribution in [3.05, 3.63) is 109 Å². The van der Waals surface area contributed by atoms with Crippen LogP contribution in [-0.2, 0) is 5.41 Å². The molecule has 7 rings (SSSR count). The highest BCUT2D eigenvalue weighted by molar-refractivity contribution is 5.86. The number of pyridine rings is 2. The minimum atomic E-state index is -0.169. The van der Waals surface area contributed by atoms with Crippen molar-refractivity contribution < 1.29 is 8.83 Å². The lowest BCUT2D eigenvalue weighted by Crippen LogP contribution is -2.15. The van der Waals surface area contributed by atoms with Crippen LogP contribution in [0.3, 0.4) is 0 Å². The Balaban J connectivity index is 1.28. The summed E-state index contributed by atoms with van der Waals surface area (Å²) in [6.45, 7) is 4.57. The Morgan fingerprint density at radius 3 is 1.43 bits per heavy atom. The van der Waals surface area contributed by atoms with Gasteiger partial charge in [0.2, 0.25) is 11.8 Å². The number of benzene rings is 2. The first kappa shape index (κ1) is 21.4. The topological polar surface area (TPSA) is 77.8 Å². The fourth-order valence-corrected chi connectivity index (χ4v) is 5.26. The van der Waals surface area contributed by atoms with Crippen LogP contribution >= 0.6 is 0 Å². The van der Waals surface area contributed by atoms with Crippen molar-refractivity contribution in [3.63, 3.8) is 0 Å². The lowest BCUT2D eigenvalue weighted by atomic mass is 9.81. The molecule has 0 radical (unpaired) electrons. The smallest absolute Gasteiger partial charge is 0.227 e. The molecule has 6 aromatic rings. The van der Waals surface area contributed by atoms with Crippen molar-refractivity contribution in [1.29, 1.82) is 0 Å². The van der Waals surface area contributed by atoms with Crippen LogP contribution in [0, 0.1) is 0 Å². The van der Waals surface area contributed by atoms with E-state index in [0.717, 1.165) is 33.4 Å². The summed E-state index contributed by atoms with van der Waals surface area (Å²) in [7, 11) is 0. The number of rotatable bonds is 4. The maximum Gasteiger partial charge on any atom is 0.227 e. The zero-order chi connectivity index (χ0) is 25.0. The quantitative estimate of drug-likeness (QED) is 0.260. The fourth-order valence-electron chi connectivity index (χ4n) is 5.26. The fraction of sp³-hybridized carbons (Fsp3) is 0.0968. The molecule has 0 unspecified atom stereocenters. The molecule has 0 saturated carbocycles. The number of fused-ring (bicyclic) bond motifs is 3. The molecule has 1 aliphatic rings. The zero-order valence-corrected chi connectivity index (χ0v) is 20.3. The number of aromatic nitrogens is 4. The van der Waals surface area contributed by atoms with E-state index in [1.54, 1.807) is 37.3 Å². The normalized spacial score (nSPS) is 13.4. The average molecular weight is 483 g/mol. The van der Waals surface area contributed by atoms with Crippen molar-refractivity contribution >= 4 is 0 Å². The SMILES string of the molecule is CC1(C)c2cc(-c3cncc(-c4ncco4)c3)ccc2-c2ccc(-c3cncc(-c4ncco4)c3)cc21. The van der Waals surface area contributed by atoms with E-state index in [2.05, 4.69) is 82.3 Å². The molecule has 4 heterocycles. The van der Waals surface area contributed by atoms with Crippen molar-refractivity contribution in [1.82, 2.24) is 19.9 Å². The molecule has 37 heavy (non-hydrogen) atoms. The van der Waals surface area contributed by atoms with Crippen LogP contribution in [0.2, 0.25) is 0 Å². The summed E-state index contributed by atoms with van der Waals surface area (Å²) in [6, 6.07) is 17.5. The molecule has 178 valence electrons. The molecule has 6 nitrogen and oxygen atoms in total. The van der Waals surface area contributed by atoms with Crippen molar-refractivity contribution in [2.24, 2.45) is 0 Å². The summed E-state index contributed by atoms with van der Waals surface area (Å²) >= 11 is 0. The van der Waals surface area contributed by atoms with E-state index in [1.807, 2.05) is 12.4 Å². The minimum Gasteiger partial charge on any atom is -0.444 e. The van der Waals surface area contributed by atoms with Gasteiger partial charge in [-0.1, -0.05) is 38.1 Å². The second-order valence-corrected chi connectivity index (χ2v) is 9.74. The first-order valence-corrected chi connectivity index (χ1v) is 12.1. The van der Waals surface area contributed by atoms with Crippen LogP contribution in [0.1, 0.15) is 25.0 Å². The molecular formula is C31H22N4O2. The van der Waals surface area contributed by atoms with Gasteiger partial charge in [-0.2, -0.15) is 0 Å². The van der Waals surface area contributed by atoms with Gasteiger partial charge in [-0.25, -0.2) is 9.97 Å². The highest BCUT2D eigenvalue weighted by atomic mass is 16.3. The molecule has 4 aromatic heterocycles. The molecular weight excluding hydrogens is 460 g/mol. The third-order valence-electron chi connectivity index (χ3n) is 7.18. The molecule has 0 bridgehead atoms. The van der Waals surface area contributed by atoms with E-state index in [-0.39, 0.29) is 5.41 Å². The lowest BCUT2D eigenvalue weighted by molar-refractivity contribution is 0.574. The molecule has 0 saturated heterocycles. The Kier molecular flexibility index (Phi) is 4.69. The van der Waals surface area contributed by atoms with Gasteiger partial charge in [-0.05, 0) is 57.6 Å². The predicted octanol–water partition coefficient (Wildman–Crippen LogP) is 7.43. The van der Waals surface area contributed by atoms with Crippen molar-refractivity contribution in [2.45, 2.75) is 19.3 Å². The summed E-state index contributed by atoms with van der Waals surface area (Å²) in [5.74, 6) is 1.13. The van der Waals surface area contributed by atoms with E-state index < -0.39 is 0 Å². The average Bonchev–Trinajstić information content (AvgIpc) is 3.71. The van der Waals surface area contributed by atoms with Gasteiger partial charge in [-0.15, -0.1) is 0 Å². The Bertz CT molecular complexity index is 1620. The molecule has 6 heteroatoms. The number of nitrogens with zero attached hydrogens (tertiary/aromatic N) is 4. The summed E-state index contributed by atoms with van der Waals surface area (Å²) in [6.07, 6.45) is 13.8. The van der Waals surface area contributed by atoms with E-state index in [9.17, 15) is 0 Å². The second kappa shape index (κ2) is 8.10. The van der Waals surface area contributed by atoms with Gasteiger partial charge < -0.3 is 8.83 Å².